The van der Waals surface area contributed by atoms with E-state index in [1.54, 1.807) is 5.41 Å². The Balaban J connectivity index is 2.59. The van der Waals surface area contributed by atoms with Crippen molar-refractivity contribution in [1.82, 2.24) is 0 Å². The van der Waals surface area contributed by atoms with Crippen molar-refractivity contribution in [3.63, 3.8) is 0 Å². The number of rotatable bonds is 4. The molecule has 62 valence electrons. The molecule has 0 bridgehead atoms. The zero-order valence-corrected chi connectivity index (χ0v) is 7.51. The van der Waals surface area contributed by atoms with E-state index in [0.29, 0.717) is 5.75 Å². The fourth-order valence-electron chi connectivity index (χ4n) is 0.842. The van der Waals surface area contributed by atoms with Gasteiger partial charge in [-0.05, 0) is 5.41 Å². The topological polar surface area (TPSA) is 17.1 Å². The molecule has 0 amide bonds. The van der Waals surface area contributed by atoms with Crippen molar-refractivity contribution in [2.24, 2.45) is 0 Å². The molecule has 0 aromatic heterocycles. The zero-order valence-electron chi connectivity index (χ0n) is 6.69. The van der Waals surface area contributed by atoms with E-state index < -0.39 is 0 Å². The first-order chi connectivity index (χ1) is 5.84. The van der Waals surface area contributed by atoms with Crippen LogP contribution in [0.25, 0.3) is 0 Å². The summed E-state index contributed by atoms with van der Waals surface area (Å²) in [5.41, 5.74) is 0.770. The maximum absolute atomic E-state index is 11.3. The molecule has 1 aromatic carbocycles. The van der Waals surface area contributed by atoms with E-state index in [9.17, 15) is 4.79 Å². The van der Waals surface area contributed by atoms with Crippen LogP contribution in [-0.4, -0.2) is 11.5 Å². The van der Waals surface area contributed by atoms with Crippen LogP contribution in [0.4, 0.5) is 0 Å². The van der Waals surface area contributed by atoms with Gasteiger partial charge in [-0.2, -0.15) is 0 Å². The van der Waals surface area contributed by atoms with Gasteiger partial charge in [-0.15, -0.1) is 11.8 Å². The summed E-state index contributed by atoms with van der Waals surface area (Å²) in [5, 5.41) is 1.68. The Morgan fingerprint density at radius 2 is 2.08 bits per heavy atom. The van der Waals surface area contributed by atoms with Gasteiger partial charge in [-0.25, -0.2) is 0 Å². The van der Waals surface area contributed by atoms with Crippen LogP contribution in [0.3, 0.4) is 0 Å². The Bertz CT molecular complexity index is 266. The third-order valence-electron chi connectivity index (χ3n) is 1.43. The van der Waals surface area contributed by atoms with Gasteiger partial charge >= 0.3 is 0 Å². The first-order valence-electron chi connectivity index (χ1n) is 3.65. The molecule has 12 heavy (non-hydrogen) atoms. The number of carbonyl (C=O) groups excluding carboxylic acids is 1. The maximum atomic E-state index is 11.3. The average Bonchev–Trinajstić information content (AvgIpc) is 2.15. The summed E-state index contributed by atoms with van der Waals surface area (Å²) >= 11 is 1.43. The molecule has 0 radical (unpaired) electrons. The molecular weight excluding hydrogens is 168 g/mol. The summed E-state index contributed by atoms with van der Waals surface area (Å²) in [6, 6.07) is 9.28. The van der Waals surface area contributed by atoms with E-state index in [1.807, 2.05) is 30.3 Å². The number of thioether (sulfide) groups is 1. The molecule has 1 nitrogen and oxygen atoms in total. The van der Waals surface area contributed by atoms with Gasteiger partial charge in [0.1, 0.15) is 0 Å². The van der Waals surface area contributed by atoms with E-state index in [-0.39, 0.29) is 5.78 Å². The number of carbonyl (C=O) groups is 1. The van der Waals surface area contributed by atoms with Crippen LogP contribution in [0.15, 0.2) is 42.3 Å². The fraction of sp³-hybridized carbons (Fsp3) is 0.100. The standard InChI is InChI=1S/C10H10OS/c1-2-12-8-10(11)9-6-4-3-5-7-9/h2-7H,1,8H2. The summed E-state index contributed by atoms with van der Waals surface area (Å²) < 4.78 is 0. The summed E-state index contributed by atoms with van der Waals surface area (Å²) in [6.07, 6.45) is 0. The Hall–Kier alpha value is -1.02. The first-order valence-corrected chi connectivity index (χ1v) is 4.70. The zero-order chi connectivity index (χ0) is 8.81. The van der Waals surface area contributed by atoms with E-state index >= 15 is 0 Å². The lowest BCUT2D eigenvalue weighted by molar-refractivity contribution is 0.102. The van der Waals surface area contributed by atoms with E-state index in [2.05, 4.69) is 6.58 Å². The summed E-state index contributed by atoms with van der Waals surface area (Å²) in [6.45, 7) is 3.54. The largest absolute Gasteiger partial charge is 0.293 e. The SMILES string of the molecule is C=CSCC(=O)c1ccccc1. The number of Topliss-reactive ketones (excluding diaryl/α,β-unsaturated/α-hetero) is 1. The van der Waals surface area contributed by atoms with Crippen LogP contribution >= 0.6 is 11.8 Å². The minimum absolute atomic E-state index is 0.153. The second kappa shape index (κ2) is 4.78. The summed E-state index contributed by atoms with van der Waals surface area (Å²) in [7, 11) is 0. The van der Waals surface area contributed by atoms with Gasteiger partial charge in [0, 0.05) is 5.56 Å². The minimum atomic E-state index is 0.153. The smallest absolute Gasteiger partial charge is 0.173 e. The second-order valence-electron chi connectivity index (χ2n) is 2.27. The van der Waals surface area contributed by atoms with Crippen LogP contribution in [0.5, 0.6) is 0 Å². The molecule has 1 aromatic rings. The molecule has 0 heterocycles. The third kappa shape index (κ3) is 2.55. The Morgan fingerprint density at radius 3 is 2.67 bits per heavy atom. The van der Waals surface area contributed by atoms with Crippen LogP contribution in [0.1, 0.15) is 10.4 Å². The highest BCUT2D eigenvalue weighted by atomic mass is 32.2. The van der Waals surface area contributed by atoms with Gasteiger partial charge in [0.15, 0.2) is 5.78 Å². The highest BCUT2D eigenvalue weighted by molar-refractivity contribution is 8.02. The lowest BCUT2D eigenvalue weighted by Gasteiger charge is -1.96. The van der Waals surface area contributed by atoms with E-state index in [4.69, 9.17) is 0 Å². The van der Waals surface area contributed by atoms with Gasteiger partial charge < -0.3 is 0 Å². The summed E-state index contributed by atoms with van der Waals surface area (Å²) in [4.78, 5) is 11.3. The lowest BCUT2D eigenvalue weighted by Crippen LogP contribution is -2.00. The van der Waals surface area contributed by atoms with Crippen molar-refractivity contribution in [1.29, 1.82) is 0 Å². The van der Waals surface area contributed by atoms with Gasteiger partial charge in [-0.3, -0.25) is 4.79 Å². The molecule has 0 aliphatic carbocycles. The Kier molecular flexibility index (Phi) is 3.61. The monoisotopic (exact) mass is 178 g/mol. The molecule has 0 N–H and O–H groups in total. The molecule has 1 rings (SSSR count). The predicted octanol–water partition coefficient (Wildman–Crippen LogP) is 2.75. The Morgan fingerprint density at radius 1 is 1.42 bits per heavy atom. The molecule has 2 heteroatoms. The van der Waals surface area contributed by atoms with Gasteiger partial charge in [0.2, 0.25) is 0 Å². The number of benzene rings is 1. The molecule has 0 saturated heterocycles. The molecule has 0 aliphatic heterocycles. The number of hydrogen-bond donors (Lipinski definition) is 0. The van der Waals surface area contributed by atoms with Gasteiger partial charge in [0.25, 0.3) is 0 Å². The van der Waals surface area contributed by atoms with Crippen LogP contribution < -0.4 is 0 Å². The van der Waals surface area contributed by atoms with Crippen LogP contribution in [-0.2, 0) is 0 Å². The molecule has 0 unspecified atom stereocenters. The maximum Gasteiger partial charge on any atom is 0.173 e. The van der Waals surface area contributed by atoms with Crippen molar-refractivity contribution in [3.05, 3.63) is 47.9 Å². The molecule has 0 fully saturated rings. The highest BCUT2D eigenvalue weighted by Gasteiger charge is 2.02. The van der Waals surface area contributed by atoms with Crippen LogP contribution in [0, 0.1) is 0 Å². The predicted molar refractivity (Wildman–Crippen MR) is 53.4 cm³/mol. The number of hydrogen-bond acceptors (Lipinski definition) is 2. The van der Waals surface area contributed by atoms with Crippen LogP contribution in [0.2, 0.25) is 0 Å². The molecule has 0 aliphatic rings. The molecule has 0 saturated carbocycles. The molecular formula is C10H10OS. The first kappa shape index (κ1) is 9.07. The normalized spacial score (nSPS) is 9.33. The second-order valence-corrected chi connectivity index (χ2v) is 3.22. The molecule has 0 atom stereocenters. The highest BCUT2D eigenvalue weighted by Crippen LogP contribution is 2.06. The van der Waals surface area contributed by atoms with Crippen molar-refractivity contribution in [2.75, 3.05) is 5.75 Å². The minimum Gasteiger partial charge on any atom is -0.293 e. The van der Waals surface area contributed by atoms with Crippen molar-refractivity contribution in [3.8, 4) is 0 Å². The van der Waals surface area contributed by atoms with E-state index in [0.717, 1.165) is 5.56 Å². The van der Waals surface area contributed by atoms with Crippen molar-refractivity contribution in [2.45, 2.75) is 0 Å². The number of ketones is 1. The fourth-order valence-corrected chi connectivity index (χ4v) is 1.28. The Labute approximate surface area is 76.5 Å². The lowest BCUT2D eigenvalue weighted by atomic mass is 10.2. The van der Waals surface area contributed by atoms with Gasteiger partial charge in [-0.1, -0.05) is 36.9 Å². The van der Waals surface area contributed by atoms with Crippen molar-refractivity contribution < 1.29 is 4.79 Å². The van der Waals surface area contributed by atoms with E-state index in [1.165, 1.54) is 11.8 Å². The summed E-state index contributed by atoms with van der Waals surface area (Å²) in [5.74, 6) is 0.633. The third-order valence-corrected chi connectivity index (χ3v) is 2.09. The van der Waals surface area contributed by atoms with Crippen molar-refractivity contribution >= 4 is 17.5 Å². The molecule has 0 spiro atoms. The van der Waals surface area contributed by atoms with Gasteiger partial charge in [0.05, 0.1) is 5.75 Å². The quantitative estimate of drug-likeness (QED) is 0.659. The average molecular weight is 178 g/mol.